The molecule has 0 aliphatic heterocycles. The van der Waals surface area contributed by atoms with Crippen molar-refractivity contribution < 1.29 is 9.53 Å². The maximum Gasteiger partial charge on any atom is 0.340 e. The number of carbonyl (C=O) groups excluding carboxylic acids is 1. The molecule has 1 aromatic carbocycles. The number of carbonyl (C=O) groups is 1. The monoisotopic (exact) mass is 362 g/mol. The summed E-state index contributed by atoms with van der Waals surface area (Å²) in [6, 6.07) is 12.3. The maximum atomic E-state index is 12.0. The molecule has 2 aromatic rings. The Morgan fingerprint density at radius 3 is 2.67 bits per heavy atom. The Kier molecular flexibility index (Phi) is 6.75. The minimum atomic E-state index is -0.362. The molecule has 0 amide bonds. The van der Waals surface area contributed by atoms with E-state index < -0.39 is 0 Å². The standard InChI is InChI=1S/C18H22N2O2S2/c1-4-12(2)19-18(23)20-16-15(17(21)22-3)11-14(24-16)10-13-8-6-5-7-9-13/h5-9,11-12H,4,10H2,1-3H3,(H2,19,20,23). The lowest BCUT2D eigenvalue weighted by Gasteiger charge is -2.14. The summed E-state index contributed by atoms with van der Waals surface area (Å²) in [5.74, 6) is -0.362. The van der Waals surface area contributed by atoms with Crippen LogP contribution >= 0.6 is 23.6 Å². The molecule has 1 aromatic heterocycles. The highest BCUT2D eigenvalue weighted by molar-refractivity contribution is 7.80. The fourth-order valence-corrected chi connectivity index (χ4v) is 3.60. The van der Waals surface area contributed by atoms with E-state index in [1.165, 1.54) is 24.0 Å². The fraction of sp³-hybridized carbons (Fsp3) is 0.333. The highest BCUT2D eigenvalue weighted by Crippen LogP contribution is 2.30. The molecule has 0 radical (unpaired) electrons. The SMILES string of the molecule is CCC(C)NC(=S)Nc1sc(Cc2ccccc2)cc1C(=O)OC. The van der Waals surface area contributed by atoms with Crippen LogP contribution in [0.3, 0.4) is 0 Å². The Bertz CT molecular complexity index is 698. The van der Waals surface area contributed by atoms with Gasteiger partial charge in [0.25, 0.3) is 0 Å². The third kappa shape index (κ3) is 5.04. The lowest BCUT2D eigenvalue weighted by atomic mass is 10.1. The van der Waals surface area contributed by atoms with E-state index in [0.717, 1.165) is 17.7 Å². The second-order valence-electron chi connectivity index (χ2n) is 5.52. The maximum absolute atomic E-state index is 12.0. The van der Waals surface area contributed by atoms with Crippen LogP contribution in [-0.2, 0) is 11.2 Å². The van der Waals surface area contributed by atoms with Gasteiger partial charge in [-0.25, -0.2) is 4.79 Å². The van der Waals surface area contributed by atoms with E-state index in [4.69, 9.17) is 17.0 Å². The van der Waals surface area contributed by atoms with Crippen LogP contribution in [0.4, 0.5) is 5.00 Å². The van der Waals surface area contributed by atoms with Crippen molar-refractivity contribution in [2.45, 2.75) is 32.7 Å². The van der Waals surface area contributed by atoms with Crippen molar-refractivity contribution in [2.75, 3.05) is 12.4 Å². The summed E-state index contributed by atoms with van der Waals surface area (Å²) >= 11 is 6.85. The van der Waals surface area contributed by atoms with Crippen LogP contribution in [0, 0.1) is 0 Å². The van der Waals surface area contributed by atoms with Gasteiger partial charge in [-0.05, 0) is 37.2 Å². The van der Waals surface area contributed by atoms with Gasteiger partial charge in [0.2, 0.25) is 0 Å². The van der Waals surface area contributed by atoms with Gasteiger partial charge in [0, 0.05) is 17.3 Å². The second-order valence-corrected chi connectivity index (χ2v) is 7.06. The predicted octanol–water partition coefficient (Wildman–Crippen LogP) is 4.21. The van der Waals surface area contributed by atoms with Crippen LogP contribution in [0.2, 0.25) is 0 Å². The summed E-state index contributed by atoms with van der Waals surface area (Å²) in [5, 5.41) is 7.56. The van der Waals surface area contributed by atoms with Crippen molar-refractivity contribution in [3.05, 3.63) is 52.4 Å². The smallest absolute Gasteiger partial charge is 0.340 e. The molecule has 0 saturated carbocycles. The first-order valence-corrected chi connectivity index (χ1v) is 9.08. The largest absolute Gasteiger partial charge is 0.465 e. The van der Waals surface area contributed by atoms with E-state index in [2.05, 4.69) is 36.6 Å². The fourth-order valence-electron chi connectivity index (χ4n) is 2.15. The van der Waals surface area contributed by atoms with E-state index >= 15 is 0 Å². The van der Waals surface area contributed by atoms with Gasteiger partial charge in [0.15, 0.2) is 5.11 Å². The van der Waals surface area contributed by atoms with Crippen molar-refractivity contribution >= 4 is 39.6 Å². The summed E-state index contributed by atoms with van der Waals surface area (Å²) in [5.41, 5.74) is 1.71. The number of esters is 1. The summed E-state index contributed by atoms with van der Waals surface area (Å²) < 4.78 is 4.89. The van der Waals surface area contributed by atoms with E-state index in [1.807, 2.05) is 24.3 Å². The second kappa shape index (κ2) is 8.80. The summed E-state index contributed by atoms with van der Waals surface area (Å²) in [7, 11) is 1.39. The molecule has 0 fully saturated rings. The number of thiophene rings is 1. The zero-order valence-corrected chi connectivity index (χ0v) is 15.7. The minimum absolute atomic E-state index is 0.273. The summed E-state index contributed by atoms with van der Waals surface area (Å²) in [6.45, 7) is 4.15. The Morgan fingerprint density at radius 2 is 2.04 bits per heavy atom. The molecule has 6 heteroatoms. The lowest BCUT2D eigenvalue weighted by molar-refractivity contribution is 0.0602. The number of benzene rings is 1. The highest BCUT2D eigenvalue weighted by atomic mass is 32.1. The average Bonchev–Trinajstić information content (AvgIpc) is 2.96. The molecule has 1 atom stereocenters. The Hall–Kier alpha value is -1.92. The third-order valence-corrected chi connectivity index (χ3v) is 4.90. The molecule has 2 rings (SSSR count). The van der Waals surface area contributed by atoms with Crippen molar-refractivity contribution in [1.29, 1.82) is 0 Å². The molecule has 0 spiro atoms. The van der Waals surface area contributed by atoms with E-state index in [-0.39, 0.29) is 12.0 Å². The zero-order valence-electron chi connectivity index (χ0n) is 14.1. The number of hydrogen-bond acceptors (Lipinski definition) is 4. The number of thiocarbonyl (C=S) groups is 1. The number of rotatable bonds is 6. The van der Waals surface area contributed by atoms with E-state index in [1.54, 1.807) is 0 Å². The van der Waals surface area contributed by atoms with Gasteiger partial charge in [-0.15, -0.1) is 11.3 Å². The quantitative estimate of drug-likeness (QED) is 0.595. The molecule has 1 heterocycles. The summed E-state index contributed by atoms with van der Waals surface area (Å²) in [6.07, 6.45) is 1.73. The normalized spacial score (nSPS) is 11.6. The topological polar surface area (TPSA) is 50.4 Å². The van der Waals surface area contributed by atoms with Gasteiger partial charge in [-0.1, -0.05) is 37.3 Å². The van der Waals surface area contributed by atoms with Crippen LogP contribution in [0.15, 0.2) is 36.4 Å². The molecule has 128 valence electrons. The number of methoxy groups -OCH3 is 1. The molecule has 0 aliphatic carbocycles. The number of nitrogens with one attached hydrogen (secondary N) is 2. The molecular weight excluding hydrogens is 340 g/mol. The molecule has 0 aliphatic rings. The van der Waals surface area contributed by atoms with Crippen molar-refractivity contribution in [3.63, 3.8) is 0 Å². The molecule has 0 saturated heterocycles. The number of ether oxygens (including phenoxy) is 1. The van der Waals surface area contributed by atoms with Crippen molar-refractivity contribution in [1.82, 2.24) is 5.32 Å². The van der Waals surface area contributed by atoms with Gasteiger partial charge < -0.3 is 15.4 Å². The van der Waals surface area contributed by atoms with E-state index in [9.17, 15) is 4.79 Å². The number of anilines is 1. The minimum Gasteiger partial charge on any atom is -0.465 e. The highest BCUT2D eigenvalue weighted by Gasteiger charge is 2.18. The molecule has 2 N–H and O–H groups in total. The zero-order chi connectivity index (χ0) is 17.5. The first-order chi connectivity index (χ1) is 11.5. The summed E-state index contributed by atoms with van der Waals surface area (Å²) in [4.78, 5) is 13.1. The molecular formula is C18H22N2O2S2. The Morgan fingerprint density at radius 1 is 1.33 bits per heavy atom. The first kappa shape index (κ1) is 18.4. The molecule has 4 nitrogen and oxygen atoms in total. The van der Waals surface area contributed by atoms with Gasteiger partial charge >= 0.3 is 5.97 Å². The lowest BCUT2D eigenvalue weighted by Crippen LogP contribution is -2.35. The van der Waals surface area contributed by atoms with Gasteiger partial charge in [-0.3, -0.25) is 0 Å². The Labute approximate surface area is 152 Å². The molecule has 0 bridgehead atoms. The number of hydrogen-bond donors (Lipinski definition) is 2. The van der Waals surface area contributed by atoms with Crippen LogP contribution in [0.25, 0.3) is 0 Å². The van der Waals surface area contributed by atoms with Crippen molar-refractivity contribution in [3.8, 4) is 0 Å². The predicted molar refractivity (Wildman–Crippen MR) is 104 cm³/mol. The van der Waals surface area contributed by atoms with Gasteiger partial charge in [0.05, 0.1) is 12.7 Å². The molecule has 1 unspecified atom stereocenters. The van der Waals surface area contributed by atoms with Crippen LogP contribution in [0.1, 0.15) is 41.1 Å². The third-order valence-electron chi connectivity index (χ3n) is 3.63. The Balaban J connectivity index is 2.19. The molecule has 24 heavy (non-hydrogen) atoms. The van der Waals surface area contributed by atoms with Crippen LogP contribution in [-0.4, -0.2) is 24.2 Å². The average molecular weight is 363 g/mol. The van der Waals surface area contributed by atoms with Crippen LogP contribution in [0.5, 0.6) is 0 Å². The van der Waals surface area contributed by atoms with Gasteiger partial charge in [0.1, 0.15) is 5.00 Å². The van der Waals surface area contributed by atoms with Gasteiger partial charge in [-0.2, -0.15) is 0 Å². The first-order valence-electron chi connectivity index (χ1n) is 7.86. The van der Waals surface area contributed by atoms with Crippen molar-refractivity contribution in [2.24, 2.45) is 0 Å². The van der Waals surface area contributed by atoms with E-state index in [0.29, 0.717) is 15.7 Å². The van der Waals surface area contributed by atoms with Crippen LogP contribution < -0.4 is 10.6 Å².